The van der Waals surface area contributed by atoms with Gasteiger partial charge in [0.1, 0.15) is 12.4 Å². The van der Waals surface area contributed by atoms with Gasteiger partial charge in [-0.3, -0.25) is 4.79 Å². The van der Waals surface area contributed by atoms with Crippen LogP contribution in [0.2, 0.25) is 43.8 Å². The molecule has 6 atom stereocenters. The van der Waals surface area contributed by atoms with Crippen molar-refractivity contribution in [3.63, 3.8) is 0 Å². The van der Waals surface area contributed by atoms with Crippen molar-refractivity contribution >= 4 is 28.8 Å². The predicted molar refractivity (Wildman–Crippen MR) is 132 cm³/mol. The van der Waals surface area contributed by atoms with Gasteiger partial charge in [0.2, 0.25) is 0 Å². The molecule has 0 spiro atoms. The maximum absolute atomic E-state index is 13.1. The van der Waals surface area contributed by atoms with Crippen molar-refractivity contribution in [2.45, 2.75) is 102 Å². The molecule has 0 bridgehead atoms. The number of epoxide rings is 1. The minimum absolute atomic E-state index is 0.0703. The summed E-state index contributed by atoms with van der Waals surface area (Å²) in [5, 5.41) is 0.128. The Labute approximate surface area is 196 Å². The second-order valence-electron chi connectivity index (χ2n) is 12.5. The van der Waals surface area contributed by atoms with Crippen LogP contribution in [0, 0.1) is 11.8 Å². The summed E-state index contributed by atoms with van der Waals surface area (Å²) in [7, 11) is -3.24. The second-order valence-corrected chi connectivity index (χ2v) is 22.8. The van der Waals surface area contributed by atoms with Crippen LogP contribution in [0.5, 0.6) is 0 Å². The van der Waals surface area contributed by atoms with Gasteiger partial charge in [0, 0.05) is 14.6 Å². The first-order valence-corrected chi connectivity index (χ1v) is 18.8. The lowest BCUT2D eigenvalue weighted by Gasteiger charge is -2.39. The molecule has 3 fully saturated rings. The molecule has 3 aliphatic rings. The van der Waals surface area contributed by atoms with Crippen molar-refractivity contribution in [1.82, 2.24) is 4.90 Å². The number of nitrogens with zero attached hydrogens (tertiary/aromatic N) is 1. The van der Waals surface area contributed by atoms with Gasteiger partial charge in [-0.2, -0.15) is 0 Å². The van der Waals surface area contributed by atoms with Gasteiger partial charge in [0.25, 0.3) is 0 Å². The molecule has 0 N–H and O–H groups in total. The molecule has 32 heavy (non-hydrogen) atoms. The van der Waals surface area contributed by atoms with E-state index < -0.39 is 16.4 Å². The average Bonchev–Trinajstić information content (AvgIpc) is 3.55. The third-order valence-corrected chi connectivity index (χ3v) is 13.8. The summed E-state index contributed by atoms with van der Waals surface area (Å²) in [6.45, 7) is 19.2. The van der Waals surface area contributed by atoms with Crippen LogP contribution in [0.15, 0.2) is 12.2 Å². The normalized spacial score (nSPS) is 32.9. The highest BCUT2D eigenvalue weighted by molar-refractivity contribution is 6.76. The number of fused-ring (bicyclic) bond motifs is 2. The summed E-state index contributed by atoms with van der Waals surface area (Å²) >= 11 is 0. The topological polar surface area (TPSA) is 68.4 Å². The molecular weight excluding hydrogens is 438 g/mol. The lowest BCUT2D eigenvalue weighted by Crippen LogP contribution is -2.47. The van der Waals surface area contributed by atoms with Crippen LogP contribution in [-0.2, 0) is 18.7 Å². The van der Waals surface area contributed by atoms with Gasteiger partial charge < -0.3 is 18.8 Å². The number of aldehydes is 1. The standard InChI is InChI=1S/C24H43NO5Si2/c1-24(2,3)32(7,8)30-21-18-16-17(18)19(10-9-13-26)25(12-11-20-22(21)29-20)23(27)28-14-15-31(4,5)6/h9-10,13,17-22H,11-12,14-16H2,1-8H3/b10-9+/t17-,18+,19+,20-,21-,22-/m1/s1. The molecule has 6 nitrogen and oxygen atoms in total. The molecule has 0 aromatic rings. The molecule has 1 amide bonds. The Morgan fingerprint density at radius 3 is 2.44 bits per heavy atom. The van der Waals surface area contributed by atoms with Crippen molar-refractivity contribution in [2.75, 3.05) is 13.2 Å². The number of ether oxygens (including phenoxy) is 2. The number of hydrogen-bond donors (Lipinski definition) is 0. The van der Waals surface area contributed by atoms with E-state index in [0.29, 0.717) is 19.1 Å². The molecule has 0 aromatic heterocycles. The number of allylic oxidation sites excluding steroid dienone is 1. The van der Waals surface area contributed by atoms with E-state index in [9.17, 15) is 9.59 Å². The van der Waals surface area contributed by atoms with Gasteiger partial charge in [-0.05, 0) is 54.9 Å². The molecule has 0 aromatic carbocycles. The summed E-state index contributed by atoms with van der Waals surface area (Å²) in [5.74, 6) is 0.615. The number of amides is 1. The molecule has 1 saturated carbocycles. The Hall–Kier alpha value is -0.966. The Balaban J connectivity index is 1.77. The maximum Gasteiger partial charge on any atom is 0.410 e. The molecule has 8 heteroatoms. The first-order chi connectivity index (χ1) is 14.7. The Morgan fingerprint density at radius 2 is 1.84 bits per heavy atom. The van der Waals surface area contributed by atoms with Crippen molar-refractivity contribution < 1.29 is 23.5 Å². The summed E-state index contributed by atoms with van der Waals surface area (Å²) in [6.07, 6.45) is 6.03. The van der Waals surface area contributed by atoms with Crippen molar-refractivity contribution in [3.05, 3.63) is 12.2 Å². The van der Waals surface area contributed by atoms with E-state index in [1.165, 1.54) is 6.08 Å². The number of hydrogen-bond acceptors (Lipinski definition) is 5. The van der Waals surface area contributed by atoms with E-state index >= 15 is 0 Å². The highest BCUT2D eigenvalue weighted by Crippen LogP contribution is 2.54. The fraction of sp³-hybridized carbons (Fsp3) is 0.833. The number of rotatable bonds is 7. The van der Waals surface area contributed by atoms with E-state index in [1.54, 1.807) is 0 Å². The van der Waals surface area contributed by atoms with Crippen LogP contribution >= 0.6 is 0 Å². The molecule has 3 rings (SSSR count). The third-order valence-electron chi connectivity index (χ3n) is 7.65. The van der Waals surface area contributed by atoms with Crippen LogP contribution in [0.3, 0.4) is 0 Å². The van der Waals surface area contributed by atoms with E-state index in [-0.39, 0.29) is 41.4 Å². The van der Waals surface area contributed by atoms with E-state index in [4.69, 9.17) is 13.9 Å². The first-order valence-electron chi connectivity index (χ1n) is 12.1. The number of carbonyl (C=O) groups excluding carboxylic acids is 2. The largest absolute Gasteiger partial charge is 0.450 e. The van der Waals surface area contributed by atoms with Crippen molar-refractivity contribution in [2.24, 2.45) is 11.8 Å². The summed E-state index contributed by atoms with van der Waals surface area (Å²) in [6, 6.07) is 0.816. The van der Waals surface area contributed by atoms with Crippen LogP contribution in [0.1, 0.15) is 33.6 Å². The quantitative estimate of drug-likeness (QED) is 0.219. The van der Waals surface area contributed by atoms with Gasteiger partial charge >= 0.3 is 6.09 Å². The average molecular weight is 482 g/mol. The summed E-state index contributed by atoms with van der Waals surface area (Å²) < 4.78 is 18.7. The van der Waals surface area contributed by atoms with Crippen LogP contribution in [0.4, 0.5) is 4.79 Å². The van der Waals surface area contributed by atoms with Gasteiger partial charge in [0.05, 0.1) is 24.9 Å². The van der Waals surface area contributed by atoms with E-state index in [2.05, 4.69) is 53.5 Å². The molecule has 2 heterocycles. The highest BCUT2D eigenvalue weighted by atomic mass is 28.4. The molecule has 0 unspecified atom stereocenters. The lowest BCUT2D eigenvalue weighted by molar-refractivity contribution is -0.104. The van der Waals surface area contributed by atoms with Gasteiger partial charge in [-0.1, -0.05) is 46.5 Å². The Morgan fingerprint density at radius 1 is 1.16 bits per heavy atom. The SMILES string of the molecule is CC(C)(C)[Si](C)(C)O[C@@H]1[C@H]2C[C@H]2[C@H](/C=C/C=O)N(C(=O)OCC[Si](C)(C)C)CC[C@H]2O[C@@H]12. The third kappa shape index (κ3) is 6.13. The van der Waals surface area contributed by atoms with E-state index in [1.807, 2.05) is 11.0 Å². The molecular formula is C24H43NO5Si2. The Kier molecular flexibility index (Phi) is 7.50. The molecule has 2 aliphatic heterocycles. The van der Waals surface area contributed by atoms with Crippen molar-refractivity contribution in [1.29, 1.82) is 0 Å². The summed E-state index contributed by atoms with van der Waals surface area (Å²) in [4.78, 5) is 26.0. The van der Waals surface area contributed by atoms with Crippen LogP contribution < -0.4 is 0 Å². The molecule has 2 saturated heterocycles. The van der Waals surface area contributed by atoms with Crippen molar-refractivity contribution in [3.8, 4) is 0 Å². The van der Waals surface area contributed by atoms with E-state index in [0.717, 1.165) is 25.2 Å². The smallest absolute Gasteiger partial charge is 0.410 e. The van der Waals surface area contributed by atoms with Gasteiger partial charge in [0.15, 0.2) is 8.32 Å². The predicted octanol–water partition coefficient (Wildman–Crippen LogP) is 5.08. The fourth-order valence-corrected chi connectivity index (χ4v) is 6.45. The zero-order valence-corrected chi connectivity index (χ0v) is 23.2. The lowest BCUT2D eigenvalue weighted by atomic mass is 10.0. The summed E-state index contributed by atoms with van der Waals surface area (Å²) in [5.41, 5.74) is 0. The molecule has 1 aliphatic carbocycles. The first kappa shape index (κ1) is 25.7. The zero-order valence-electron chi connectivity index (χ0n) is 21.2. The Bertz CT molecular complexity index is 727. The molecule has 0 radical (unpaired) electrons. The second kappa shape index (κ2) is 9.35. The van der Waals surface area contributed by atoms with Gasteiger partial charge in [-0.15, -0.1) is 0 Å². The monoisotopic (exact) mass is 481 g/mol. The van der Waals surface area contributed by atoms with Crippen LogP contribution in [0.25, 0.3) is 0 Å². The minimum atomic E-state index is -1.96. The zero-order chi connectivity index (χ0) is 23.9. The van der Waals surface area contributed by atoms with Gasteiger partial charge in [-0.25, -0.2) is 4.79 Å². The van der Waals surface area contributed by atoms with Crippen LogP contribution in [-0.4, -0.2) is 71.2 Å². The molecule has 182 valence electrons. The highest BCUT2D eigenvalue weighted by Gasteiger charge is 2.60. The number of carbonyl (C=O) groups is 2. The maximum atomic E-state index is 13.1. The fourth-order valence-electron chi connectivity index (χ4n) is 4.39. The minimum Gasteiger partial charge on any atom is -0.450 e.